The van der Waals surface area contributed by atoms with Gasteiger partial charge in [-0.1, -0.05) is 53.6 Å². The Labute approximate surface area is 203 Å². The second-order valence-corrected chi connectivity index (χ2v) is 8.45. The molecule has 1 fully saturated rings. The summed E-state index contributed by atoms with van der Waals surface area (Å²) in [6, 6.07) is 18.8. The largest absolute Gasteiger partial charge is 0.507 e. The van der Waals surface area contributed by atoms with E-state index < -0.39 is 17.7 Å². The third-order valence-electron chi connectivity index (χ3n) is 5.81. The number of benzene rings is 3. The molecule has 1 atom stereocenters. The number of ketones is 1. The molecule has 1 unspecified atom stereocenters. The van der Waals surface area contributed by atoms with Crippen molar-refractivity contribution in [2.45, 2.75) is 19.5 Å². The predicted molar refractivity (Wildman–Crippen MR) is 130 cm³/mol. The van der Waals surface area contributed by atoms with E-state index in [9.17, 15) is 14.7 Å². The Balaban J connectivity index is 1.86. The van der Waals surface area contributed by atoms with Crippen LogP contribution in [0.15, 0.2) is 72.3 Å². The van der Waals surface area contributed by atoms with Gasteiger partial charge in [-0.15, -0.1) is 0 Å². The van der Waals surface area contributed by atoms with Gasteiger partial charge in [-0.3, -0.25) is 9.59 Å². The van der Waals surface area contributed by atoms with Crippen LogP contribution in [0.2, 0.25) is 5.02 Å². The summed E-state index contributed by atoms with van der Waals surface area (Å²) in [6.07, 6.45) is 0. The van der Waals surface area contributed by atoms with Crippen LogP contribution in [0.25, 0.3) is 5.76 Å². The Morgan fingerprint density at radius 2 is 1.76 bits per heavy atom. The Morgan fingerprint density at radius 1 is 1.00 bits per heavy atom. The van der Waals surface area contributed by atoms with E-state index in [-0.39, 0.29) is 22.9 Å². The van der Waals surface area contributed by atoms with E-state index in [1.165, 1.54) is 18.1 Å². The molecular weight excluding hydrogens is 454 g/mol. The number of Topliss-reactive ketones (excluding diaryl/α,β-unsaturated/α-hetero) is 1. The number of amides is 1. The van der Waals surface area contributed by atoms with Crippen LogP contribution in [0.4, 0.5) is 0 Å². The third-order valence-corrected chi connectivity index (χ3v) is 6.11. The van der Waals surface area contributed by atoms with Crippen LogP contribution < -0.4 is 9.47 Å². The summed E-state index contributed by atoms with van der Waals surface area (Å²) in [5.74, 6) is -0.641. The van der Waals surface area contributed by atoms with Gasteiger partial charge in [0.15, 0.2) is 0 Å². The molecule has 1 saturated heterocycles. The Bertz CT molecular complexity index is 1300. The number of hydrogen-bond acceptors (Lipinski definition) is 5. The second kappa shape index (κ2) is 9.61. The maximum absolute atomic E-state index is 13.2. The van der Waals surface area contributed by atoms with E-state index in [0.29, 0.717) is 17.1 Å². The van der Waals surface area contributed by atoms with Crippen molar-refractivity contribution in [3.05, 3.63) is 99.6 Å². The van der Waals surface area contributed by atoms with Gasteiger partial charge in [-0.25, -0.2) is 0 Å². The number of carbonyl (C=O) groups is 2. The lowest BCUT2D eigenvalue weighted by Crippen LogP contribution is -2.29. The zero-order valence-electron chi connectivity index (χ0n) is 19.0. The van der Waals surface area contributed by atoms with Crippen molar-refractivity contribution < 1.29 is 24.2 Å². The Kier molecular flexibility index (Phi) is 6.61. The van der Waals surface area contributed by atoms with Crippen LogP contribution in [0.5, 0.6) is 11.5 Å². The normalized spacial score (nSPS) is 17.2. The van der Waals surface area contributed by atoms with Gasteiger partial charge < -0.3 is 19.5 Å². The summed E-state index contributed by atoms with van der Waals surface area (Å²) in [5, 5.41) is 11.5. The summed E-state index contributed by atoms with van der Waals surface area (Å²) in [5.41, 5.74) is 2.83. The maximum Gasteiger partial charge on any atom is 0.295 e. The van der Waals surface area contributed by atoms with Crippen LogP contribution in [0.1, 0.15) is 28.3 Å². The number of ether oxygens (including phenoxy) is 2. The number of nitrogens with zero attached hydrogens (tertiary/aromatic N) is 1. The van der Waals surface area contributed by atoms with Crippen LogP contribution in [-0.2, 0) is 16.1 Å². The summed E-state index contributed by atoms with van der Waals surface area (Å²) >= 11 is 6.25. The van der Waals surface area contributed by atoms with Crippen molar-refractivity contribution in [1.82, 2.24) is 4.90 Å². The van der Waals surface area contributed by atoms with Crippen molar-refractivity contribution in [2.24, 2.45) is 0 Å². The summed E-state index contributed by atoms with van der Waals surface area (Å²) in [7, 11) is 3.06. The molecule has 0 saturated carbocycles. The molecule has 6 nitrogen and oxygen atoms in total. The van der Waals surface area contributed by atoms with Gasteiger partial charge in [0, 0.05) is 12.1 Å². The van der Waals surface area contributed by atoms with Crippen LogP contribution in [0, 0.1) is 6.92 Å². The van der Waals surface area contributed by atoms with Gasteiger partial charge in [-0.2, -0.15) is 0 Å². The number of aliphatic hydroxyl groups excluding tert-OH is 1. The first-order chi connectivity index (χ1) is 16.3. The lowest BCUT2D eigenvalue weighted by atomic mass is 9.94. The monoisotopic (exact) mass is 477 g/mol. The van der Waals surface area contributed by atoms with Crippen molar-refractivity contribution in [3.8, 4) is 11.5 Å². The molecule has 0 bridgehead atoms. The molecule has 1 heterocycles. The van der Waals surface area contributed by atoms with Crippen molar-refractivity contribution >= 4 is 29.1 Å². The maximum atomic E-state index is 13.2. The number of methoxy groups -OCH3 is 2. The SMILES string of the molecule is COc1cccc(CN2C(=O)C(=O)/C(=C(\O)c3ccc(OC)c(Cl)c3)C2c2cccc(C)c2)c1. The number of halogens is 1. The van der Waals surface area contributed by atoms with E-state index >= 15 is 0 Å². The van der Waals surface area contributed by atoms with Crippen molar-refractivity contribution in [3.63, 3.8) is 0 Å². The van der Waals surface area contributed by atoms with Gasteiger partial charge in [0.1, 0.15) is 17.3 Å². The van der Waals surface area contributed by atoms with E-state index in [1.807, 2.05) is 55.5 Å². The number of hydrogen-bond donors (Lipinski definition) is 1. The molecule has 1 amide bonds. The van der Waals surface area contributed by atoms with Crippen molar-refractivity contribution in [1.29, 1.82) is 0 Å². The topological polar surface area (TPSA) is 76.1 Å². The zero-order valence-corrected chi connectivity index (χ0v) is 19.8. The number of aryl methyl sites for hydroxylation is 1. The fourth-order valence-electron chi connectivity index (χ4n) is 4.17. The first-order valence-electron chi connectivity index (χ1n) is 10.7. The fraction of sp³-hybridized carbons (Fsp3) is 0.185. The van der Waals surface area contributed by atoms with Crippen LogP contribution in [-0.4, -0.2) is 35.9 Å². The standard InChI is InChI=1S/C27H24ClNO5/c1-16-6-4-8-18(12-16)24-23(25(30)19-10-11-22(34-3)21(28)14-19)26(31)27(32)29(24)15-17-7-5-9-20(13-17)33-2/h4-14,24,30H,15H2,1-3H3/b25-23-. The van der Waals surface area contributed by atoms with Crippen LogP contribution >= 0.6 is 11.6 Å². The van der Waals surface area contributed by atoms with E-state index in [4.69, 9.17) is 21.1 Å². The number of rotatable bonds is 6. The molecule has 174 valence electrons. The molecule has 4 rings (SSSR count). The predicted octanol–water partition coefficient (Wildman–Crippen LogP) is 5.29. The van der Waals surface area contributed by atoms with Gasteiger partial charge in [0.25, 0.3) is 11.7 Å². The number of aliphatic hydroxyl groups is 1. The average Bonchev–Trinajstić information content (AvgIpc) is 3.08. The highest BCUT2D eigenvalue weighted by Gasteiger charge is 2.46. The lowest BCUT2D eigenvalue weighted by molar-refractivity contribution is -0.140. The molecule has 0 radical (unpaired) electrons. The van der Waals surface area contributed by atoms with Gasteiger partial charge in [-0.05, 0) is 48.4 Å². The molecular formula is C27H24ClNO5. The van der Waals surface area contributed by atoms with E-state index in [0.717, 1.165) is 16.7 Å². The molecule has 3 aromatic rings. The smallest absolute Gasteiger partial charge is 0.295 e. The molecule has 1 aliphatic heterocycles. The van der Waals surface area contributed by atoms with Crippen molar-refractivity contribution in [2.75, 3.05) is 14.2 Å². The van der Waals surface area contributed by atoms with Gasteiger partial charge in [0.2, 0.25) is 0 Å². The average molecular weight is 478 g/mol. The van der Waals surface area contributed by atoms with Gasteiger partial charge >= 0.3 is 0 Å². The highest BCUT2D eigenvalue weighted by atomic mass is 35.5. The molecule has 3 aromatic carbocycles. The number of carbonyl (C=O) groups excluding carboxylic acids is 2. The molecule has 0 aromatic heterocycles. The number of likely N-dealkylation sites (tertiary alicyclic amines) is 1. The lowest BCUT2D eigenvalue weighted by Gasteiger charge is -2.26. The molecule has 1 N–H and O–H groups in total. The van der Waals surface area contributed by atoms with Crippen LogP contribution in [0.3, 0.4) is 0 Å². The minimum absolute atomic E-state index is 0.0136. The summed E-state index contributed by atoms with van der Waals surface area (Å²) in [6.45, 7) is 2.10. The molecule has 0 aliphatic carbocycles. The molecule has 0 spiro atoms. The summed E-state index contributed by atoms with van der Waals surface area (Å²) in [4.78, 5) is 27.9. The van der Waals surface area contributed by atoms with E-state index in [2.05, 4.69) is 0 Å². The van der Waals surface area contributed by atoms with Gasteiger partial charge in [0.05, 0.1) is 30.9 Å². The Morgan fingerprint density at radius 3 is 2.44 bits per heavy atom. The quantitative estimate of drug-likeness (QED) is 0.296. The minimum Gasteiger partial charge on any atom is -0.507 e. The first kappa shape index (κ1) is 23.4. The molecule has 34 heavy (non-hydrogen) atoms. The Hall–Kier alpha value is -3.77. The highest BCUT2D eigenvalue weighted by molar-refractivity contribution is 6.46. The molecule has 7 heteroatoms. The fourth-order valence-corrected chi connectivity index (χ4v) is 4.42. The minimum atomic E-state index is -0.771. The third kappa shape index (κ3) is 4.37. The summed E-state index contributed by atoms with van der Waals surface area (Å²) < 4.78 is 10.5. The second-order valence-electron chi connectivity index (χ2n) is 8.04. The zero-order chi connectivity index (χ0) is 24.4. The van der Waals surface area contributed by atoms with E-state index in [1.54, 1.807) is 19.2 Å². The first-order valence-corrected chi connectivity index (χ1v) is 11.0. The molecule has 1 aliphatic rings. The highest BCUT2D eigenvalue weighted by Crippen LogP contribution is 2.41.